The molecule has 2 N–H and O–H groups in total. The van der Waals surface area contributed by atoms with Gasteiger partial charge in [0.25, 0.3) is 0 Å². The van der Waals surface area contributed by atoms with Crippen LogP contribution in [-0.4, -0.2) is 51.4 Å². The van der Waals surface area contributed by atoms with Gasteiger partial charge in [-0.2, -0.15) is 13.2 Å². The summed E-state index contributed by atoms with van der Waals surface area (Å²) in [5.74, 6) is -0.316. The number of anilines is 1. The van der Waals surface area contributed by atoms with Gasteiger partial charge in [-0.15, -0.1) is 10.2 Å². The molecular weight excluding hydrogens is 349 g/mol. The van der Waals surface area contributed by atoms with Crippen molar-refractivity contribution in [1.29, 1.82) is 0 Å². The zero-order chi connectivity index (χ0) is 18.3. The minimum absolute atomic E-state index is 0.349. The van der Waals surface area contributed by atoms with E-state index in [1.54, 1.807) is 18.5 Å². The van der Waals surface area contributed by atoms with Gasteiger partial charge in [-0.25, -0.2) is 4.98 Å². The minimum Gasteiger partial charge on any atom is -0.354 e. The summed E-state index contributed by atoms with van der Waals surface area (Å²) in [6.45, 7) is 0.973. The topological polar surface area (TPSA) is 86.8 Å². The summed E-state index contributed by atoms with van der Waals surface area (Å²) in [5.41, 5.74) is 1.33. The van der Waals surface area contributed by atoms with Crippen LogP contribution in [0.1, 0.15) is 12.8 Å². The number of hydrogen-bond acceptors (Lipinski definition) is 5. The molecule has 1 atom stereocenters. The van der Waals surface area contributed by atoms with E-state index < -0.39 is 18.5 Å². The molecule has 7 nitrogen and oxygen atoms in total. The van der Waals surface area contributed by atoms with E-state index in [0.29, 0.717) is 36.5 Å². The third-order valence-corrected chi connectivity index (χ3v) is 4.38. The van der Waals surface area contributed by atoms with Gasteiger partial charge in [0.1, 0.15) is 12.2 Å². The number of hydrogen-bond donors (Lipinski definition) is 2. The molecule has 1 amide bonds. The number of halogens is 3. The van der Waals surface area contributed by atoms with Crippen LogP contribution in [0.2, 0.25) is 0 Å². The van der Waals surface area contributed by atoms with Crippen LogP contribution in [0.25, 0.3) is 21.9 Å². The number of pyridine rings is 1. The molecule has 0 saturated carbocycles. The van der Waals surface area contributed by atoms with Crippen molar-refractivity contribution in [2.75, 3.05) is 18.0 Å². The van der Waals surface area contributed by atoms with Crippen molar-refractivity contribution >= 4 is 33.7 Å². The second-order valence-corrected chi connectivity index (χ2v) is 6.26. The lowest BCUT2D eigenvalue weighted by atomic mass is 10.2. The van der Waals surface area contributed by atoms with Gasteiger partial charge in [0, 0.05) is 36.9 Å². The normalized spacial score (nSPS) is 18.0. The number of aromatic nitrogens is 4. The average Bonchev–Trinajstić information content (AvgIpc) is 3.21. The molecule has 0 radical (unpaired) electrons. The Morgan fingerprint density at radius 1 is 1.35 bits per heavy atom. The molecule has 26 heavy (non-hydrogen) atoms. The quantitative estimate of drug-likeness (QED) is 0.744. The second-order valence-electron chi connectivity index (χ2n) is 6.26. The SMILES string of the molecule is O=C(CC(F)(F)F)NC1CCN(c2nccc3nnc4[nH]ccc4c23)C1. The third kappa shape index (κ3) is 3.14. The number of carbonyl (C=O) groups is 1. The number of nitrogens with one attached hydrogen (secondary N) is 2. The maximum atomic E-state index is 12.3. The number of carbonyl (C=O) groups excluding carboxylic acids is 1. The molecule has 0 aromatic carbocycles. The van der Waals surface area contributed by atoms with E-state index >= 15 is 0 Å². The summed E-state index contributed by atoms with van der Waals surface area (Å²) in [6.07, 6.45) is -2.02. The number of nitrogens with zero attached hydrogens (tertiary/aromatic N) is 4. The molecule has 1 fully saturated rings. The van der Waals surface area contributed by atoms with Crippen LogP contribution in [0.4, 0.5) is 19.0 Å². The van der Waals surface area contributed by atoms with E-state index in [1.807, 2.05) is 11.0 Å². The van der Waals surface area contributed by atoms with E-state index in [2.05, 4.69) is 25.5 Å². The molecular formula is C16H15F3N6O. The van der Waals surface area contributed by atoms with Gasteiger partial charge in [0.05, 0.1) is 10.9 Å². The highest BCUT2D eigenvalue weighted by atomic mass is 19.4. The number of fused-ring (bicyclic) bond motifs is 3. The summed E-state index contributed by atoms with van der Waals surface area (Å²) < 4.78 is 37.0. The Balaban J connectivity index is 1.58. The Kier molecular flexibility index (Phi) is 3.89. The van der Waals surface area contributed by atoms with Crippen LogP contribution in [0.15, 0.2) is 24.5 Å². The smallest absolute Gasteiger partial charge is 0.354 e. The highest BCUT2D eigenvalue weighted by molar-refractivity contribution is 6.08. The van der Waals surface area contributed by atoms with Gasteiger partial charge in [0.15, 0.2) is 5.65 Å². The molecule has 0 spiro atoms. The van der Waals surface area contributed by atoms with Crippen LogP contribution in [0, 0.1) is 0 Å². The first-order valence-electron chi connectivity index (χ1n) is 8.10. The Hall–Kier alpha value is -2.91. The van der Waals surface area contributed by atoms with Crippen molar-refractivity contribution in [3.05, 3.63) is 24.5 Å². The molecule has 3 aromatic rings. The number of alkyl halides is 3. The lowest BCUT2D eigenvalue weighted by molar-refractivity contribution is -0.154. The van der Waals surface area contributed by atoms with Crippen LogP contribution in [-0.2, 0) is 4.79 Å². The standard InChI is InChI=1S/C16H15F3N6O/c17-16(18,19)7-12(26)22-9-3-6-25(8-9)15-13-10-1-4-20-14(10)24-23-11(13)2-5-21-15/h1-2,4-5,9H,3,6-8H2,(H,20,24)(H,22,26). The highest BCUT2D eigenvalue weighted by Gasteiger charge is 2.33. The molecule has 0 aliphatic carbocycles. The highest BCUT2D eigenvalue weighted by Crippen LogP contribution is 2.31. The fraction of sp³-hybridized carbons (Fsp3) is 0.375. The maximum Gasteiger partial charge on any atom is 0.397 e. The fourth-order valence-corrected chi connectivity index (χ4v) is 3.30. The Bertz CT molecular complexity index is 969. The molecule has 1 aliphatic rings. The zero-order valence-corrected chi connectivity index (χ0v) is 13.5. The van der Waals surface area contributed by atoms with Crippen molar-refractivity contribution in [2.45, 2.75) is 25.1 Å². The van der Waals surface area contributed by atoms with E-state index in [0.717, 1.165) is 10.8 Å². The lowest BCUT2D eigenvalue weighted by Gasteiger charge is -2.20. The molecule has 1 aliphatic heterocycles. The maximum absolute atomic E-state index is 12.3. The van der Waals surface area contributed by atoms with Crippen LogP contribution < -0.4 is 10.2 Å². The lowest BCUT2D eigenvalue weighted by Crippen LogP contribution is -2.39. The summed E-state index contributed by atoms with van der Waals surface area (Å²) in [6, 6.07) is 3.30. The first-order chi connectivity index (χ1) is 12.4. The molecule has 0 bridgehead atoms. The van der Waals surface area contributed by atoms with Crippen molar-refractivity contribution < 1.29 is 18.0 Å². The largest absolute Gasteiger partial charge is 0.397 e. The molecule has 1 saturated heterocycles. The van der Waals surface area contributed by atoms with Crippen molar-refractivity contribution in [3.8, 4) is 0 Å². The van der Waals surface area contributed by atoms with E-state index in [-0.39, 0.29) is 6.04 Å². The number of rotatable bonds is 3. The summed E-state index contributed by atoms with van der Waals surface area (Å²) in [7, 11) is 0. The molecule has 4 rings (SSSR count). The fourth-order valence-electron chi connectivity index (χ4n) is 3.30. The van der Waals surface area contributed by atoms with Gasteiger partial charge >= 0.3 is 6.18 Å². The van der Waals surface area contributed by atoms with Crippen molar-refractivity contribution in [1.82, 2.24) is 25.5 Å². The van der Waals surface area contributed by atoms with Gasteiger partial charge < -0.3 is 15.2 Å². The van der Waals surface area contributed by atoms with Crippen LogP contribution in [0.5, 0.6) is 0 Å². The van der Waals surface area contributed by atoms with Crippen molar-refractivity contribution in [3.63, 3.8) is 0 Å². The van der Waals surface area contributed by atoms with E-state index in [9.17, 15) is 18.0 Å². The van der Waals surface area contributed by atoms with E-state index in [1.165, 1.54) is 0 Å². The first kappa shape index (κ1) is 16.6. The van der Waals surface area contributed by atoms with Gasteiger partial charge in [-0.3, -0.25) is 4.79 Å². The van der Waals surface area contributed by atoms with Crippen LogP contribution in [0.3, 0.4) is 0 Å². The zero-order valence-electron chi connectivity index (χ0n) is 13.5. The Morgan fingerprint density at radius 2 is 2.19 bits per heavy atom. The summed E-state index contributed by atoms with van der Waals surface area (Å²) in [4.78, 5) is 20.9. The van der Waals surface area contributed by atoms with E-state index in [4.69, 9.17) is 0 Å². The number of aromatic amines is 1. The monoisotopic (exact) mass is 364 g/mol. The Morgan fingerprint density at radius 3 is 3.00 bits per heavy atom. The second kappa shape index (κ2) is 6.11. The van der Waals surface area contributed by atoms with Gasteiger partial charge in [-0.05, 0) is 18.6 Å². The van der Waals surface area contributed by atoms with Crippen molar-refractivity contribution in [2.24, 2.45) is 0 Å². The number of H-pyrrole nitrogens is 1. The Labute approximate surface area is 145 Å². The molecule has 136 valence electrons. The first-order valence-corrected chi connectivity index (χ1v) is 8.10. The molecule has 4 heterocycles. The summed E-state index contributed by atoms with van der Waals surface area (Å²) in [5, 5.41) is 12.5. The van der Waals surface area contributed by atoms with Gasteiger partial charge in [0.2, 0.25) is 5.91 Å². The molecule has 3 aromatic heterocycles. The minimum atomic E-state index is -4.50. The van der Waals surface area contributed by atoms with Crippen LogP contribution >= 0.6 is 0 Å². The molecule has 10 heteroatoms. The predicted molar refractivity (Wildman–Crippen MR) is 88.6 cm³/mol. The number of amides is 1. The third-order valence-electron chi connectivity index (χ3n) is 4.38. The summed E-state index contributed by atoms with van der Waals surface area (Å²) >= 11 is 0. The van der Waals surface area contributed by atoms with Gasteiger partial charge in [-0.1, -0.05) is 0 Å². The molecule has 1 unspecified atom stereocenters. The average molecular weight is 364 g/mol. The predicted octanol–water partition coefficient (Wildman–Crippen LogP) is 2.15.